The molecule has 0 aliphatic rings. The third-order valence-corrected chi connectivity index (χ3v) is 4.39. The molecular formula is C20H16N6O4. The van der Waals surface area contributed by atoms with Gasteiger partial charge in [-0.05, 0) is 23.8 Å². The molecule has 10 nitrogen and oxygen atoms in total. The number of rotatable bonds is 6. The van der Waals surface area contributed by atoms with Gasteiger partial charge in [0.1, 0.15) is 6.26 Å². The molecule has 4 aromatic rings. The minimum Gasteiger partial charge on any atom is -0.444 e. The molecule has 0 fully saturated rings. The lowest BCUT2D eigenvalue weighted by atomic mass is 10.0. The highest BCUT2D eigenvalue weighted by atomic mass is 16.3. The molecule has 10 heteroatoms. The second-order valence-electron chi connectivity index (χ2n) is 6.28. The number of aromatic amines is 1. The third-order valence-electron chi connectivity index (χ3n) is 4.39. The molecular weight excluding hydrogens is 388 g/mol. The molecule has 0 bridgehead atoms. The molecule has 1 aromatic carbocycles. The number of nitrogens with two attached hydrogens (primary N) is 1. The summed E-state index contributed by atoms with van der Waals surface area (Å²) in [6.45, 7) is -0.322. The number of hydrogen-bond acceptors (Lipinski definition) is 7. The standard InChI is InChI=1S/C20H16N6O4/c21-18(28)14-7-12(1-2-13(14)9-27)17-15(8-23-26-17)24-19(29)16-10-30-20(25-16)11-3-5-22-6-4-11/h1-8,10,27H,9H2,(H2,21,28)(H,23,26)(H,24,29). The molecule has 150 valence electrons. The molecule has 0 atom stereocenters. The lowest BCUT2D eigenvalue weighted by molar-refractivity contribution is 0.0994. The molecule has 0 spiro atoms. The number of anilines is 1. The molecule has 3 heterocycles. The van der Waals surface area contributed by atoms with E-state index in [0.717, 1.165) is 0 Å². The molecule has 2 amide bonds. The van der Waals surface area contributed by atoms with Crippen LogP contribution in [0.1, 0.15) is 26.4 Å². The summed E-state index contributed by atoms with van der Waals surface area (Å²) in [4.78, 5) is 32.4. The van der Waals surface area contributed by atoms with Gasteiger partial charge in [-0.1, -0.05) is 12.1 Å². The maximum atomic E-state index is 12.6. The van der Waals surface area contributed by atoms with Crippen LogP contribution in [0.5, 0.6) is 0 Å². The summed E-state index contributed by atoms with van der Waals surface area (Å²) < 4.78 is 5.38. The first-order valence-electron chi connectivity index (χ1n) is 8.81. The summed E-state index contributed by atoms with van der Waals surface area (Å²) in [6, 6.07) is 8.22. The predicted molar refractivity (Wildman–Crippen MR) is 106 cm³/mol. The number of nitrogens with zero attached hydrogens (tertiary/aromatic N) is 3. The molecule has 3 aromatic heterocycles. The summed E-state index contributed by atoms with van der Waals surface area (Å²) >= 11 is 0. The van der Waals surface area contributed by atoms with Crippen LogP contribution in [0, 0.1) is 0 Å². The van der Waals surface area contributed by atoms with Gasteiger partial charge in [-0.15, -0.1) is 0 Å². The first-order valence-corrected chi connectivity index (χ1v) is 8.81. The topological polar surface area (TPSA) is 160 Å². The van der Waals surface area contributed by atoms with E-state index >= 15 is 0 Å². The van der Waals surface area contributed by atoms with E-state index in [9.17, 15) is 14.7 Å². The Bertz CT molecular complexity index is 1220. The van der Waals surface area contributed by atoms with Crippen LogP contribution in [-0.2, 0) is 6.61 Å². The first kappa shape index (κ1) is 19.0. The second-order valence-corrected chi connectivity index (χ2v) is 6.28. The Morgan fingerprint density at radius 2 is 1.97 bits per heavy atom. The van der Waals surface area contributed by atoms with Gasteiger partial charge in [0.25, 0.3) is 5.91 Å². The quantitative estimate of drug-likeness (QED) is 0.382. The number of hydrogen-bond donors (Lipinski definition) is 4. The van der Waals surface area contributed by atoms with Crippen LogP contribution in [0.15, 0.2) is 59.6 Å². The monoisotopic (exact) mass is 404 g/mol. The number of aliphatic hydroxyl groups excluding tert-OH is 1. The molecule has 0 aliphatic carbocycles. The molecule has 0 radical (unpaired) electrons. The highest BCUT2D eigenvalue weighted by Gasteiger charge is 2.18. The van der Waals surface area contributed by atoms with Gasteiger partial charge in [-0.3, -0.25) is 19.7 Å². The fraction of sp³-hybridized carbons (Fsp3) is 0.0500. The normalized spacial score (nSPS) is 10.7. The van der Waals surface area contributed by atoms with Crippen molar-refractivity contribution in [1.29, 1.82) is 0 Å². The van der Waals surface area contributed by atoms with Gasteiger partial charge in [0.2, 0.25) is 11.8 Å². The van der Waals surface area contributed by atoms with E-state index in [1.807, 2.05) is 0 Å². The van der Waals surface area contributed by atoms with E-state index in [1.54, 1.807) is 36.7 Å². The van der Waals surface area contributed by atoms with E-state index in [-0.39, 0.29) is 17.9 Å². The zero-order valence-corrected chi connectivity index (χ0v) is 15.5. The van der Waals surface area contributed by atoms with Crippen molar-refractivity contribution in [2.45, 2.75) is 6.61 Å². The lowest BCUT2D eigenvalue weighted by Crippen LogP contribution is -2.14. The number of amides is 2. The summed E-state index contributed by atoms with van der Waals surface area (Å²) in [5.74, 6) is -0.873. The van der Waals surface area contributed by atoms with Crippen molar-refractivity contribution in [1.82, 2.24) is 20.2 Å². The largest absolute Gasteiger partial charge is 0.444 e. The number of carbonyl (C=O) groups excluding carboxylic acids is 2. The highest BCUT2D eigenvalue weighted by molar-refractivity contribution is 6.05. The Hall–Kier alpha value is -4.31. The maximum Gasteiger partial charge on any atom is 0.277 e. The Morgan fingerprint density at radius 1 is 1.17 bits per heavy atom. The van der Waals surface area contributed by atoms with Crippen molar-refractivity contribution >= 4 is 17.5 Å². The Labute approximate surface area is 169 Å². The van der Waals surface area contributed by atoms with Gasteiger partial charge >= 0.3 is 0 Å². The SMILES string of the molecule is NC(=O)c1cc(-c2[nH]ncc2NC(=O)c2coc(-c3ccncc3)n2)ccc1CO. The van der Waals surface area contributed by atoms with Crippen molar-refractivity contribution in [3.8, 4) is 22.7 Å². The smallest absolute Gasteiger partial charge is 0.277 e. The number of aromatic nitrogens is 4. The first-order chi connectivity index (χ1) is 14.6. The molecule has 0 unspecified atom stereocenters. The van der Waals surface area contributed by atoms with Gasteiger partial charge in [0.05, 0.1) is 24.2 Å². The van der Waals surface area contributed by atoms with E-state index in [4.69, 9.17) is 10.2 Å². The van der Waals surface area contributed by atoms with Gasteiger partial charge in [0, 0.05) is 29.1 Å². The van der Waals surface area contributed by atoms with Crippen molar-refractivity contribution in [3.05, 3.63) is 72.0 Å². The van der Waals surface area contributed by atoms with E-state index in [2.05, 4.69) is 25.5 Å². The van der Waals surface area contributed by atoms with Crippen molar-refractivity contribution in [2.24, 2.45) is 5.73 Å². The van der Waals surface area contributed by atoms with E-state index in [1.165, 1.54) is 18.5 Å². The van der Waals surface area contributed by atoms with Crippen LogP contribution < -0.4 is 11.1 Å². The summed E-state index contributed by atoms with van der Waals surface area (Å²) in [6.07, 6.45) is 5.88. The van der Waals surface area contributed by atoms with Crippen LogP contribution in [-0.4, -0.2) is 37.1 Å². The fourth-order valence-electron chi connectivity index (χ4n) is 2.89. The second kappa shape index (κ2) is 7.97. The average molecular weight is 404 g/mol. The maximum absolute atomic E-state index is 12.6. The van der Waals surface area contributed by atoms with Crippen LogP contribution in [0.4, 0.5) is 5.69 Å². The van der Waals surface area contributed by atoms with E-state index < -0.39 is 11.8 Å². The zero-order valence-electron chi connectivity index (χ0n) is 15.5. The Kier molecular flexibility index (Phi) is 5.06. The van der Waals surface area contributed by atoms with Gasteiger partial charge in [0.15, 0.2) is 5.69 Å². The molecule has 0 saturated carbocycles. The number of aliphatic hydroxyl groups is 1. The molecule has 4 rings (SSSR count). The number of primary amides is 1. The minimum absolute atomic E-state index is 0.0856. The molecule has 30 heavy (non-hydrogen) atoms. The van der Waals surface area contributed by atoms with Gasteiger partial charge in [-0.2, -0.15) is 5.10 Å². The fourth-order valence-corrected chi connectivity index (χ4v) is 2.89. The number of pyridine rings is 1. The van der Waals surface area contributed by atoms with Gasteiger partial charge < -0.3 is 20.6 Å². The number of carbonyl (C=O) groups is 2. The van der Waals surface area contributed by atoms with Gasteiger partial charge in [-0.25, -0.2) is 4.98 Å². The molecule has 0 aliphatic heterocycles. The van der Waals surface area contributed by atoms with Crippen LogP contribution in [0.25, 0.3) is 22.7 Å². The number of benzene rings is 1. The summed E-state index contributed by atoms with van der Waals surface area (Å²) in [7, 11) is 0. The minimum atomic E-state index is -0.669. The van der Waals surface area contributed by atoms with Crippen LogP contribution in [0.2, 0.25) is 0 Å². The van der Waals surface area contributed by atoms with Crippen molar-refractivity contribution in [3.63, 3.8) is 0 Å². The Balaban J connectivity index is 1.59. The molecule has 5 N–H and O–H groups in total. The summed E-state index contributed by atoms with van der Waals surface area (Å²) in [5, 5.41) is 18.8. The predicted octanol–water partition coefficient (Wildman–Crippen LogP) is 1.97. The zero-order chi connectivity index (χ0) is 21.1. The van der Waals surface area contributed by atoms with Crippen LogP contribution >= 0.6 is 0 Å². The van der Waals surface area contributed by atoms with Crippen LogP contribution in [0.3, 0.4) is 0 Å². The van der Waals surface area contributed by atoms with Crippen molar-refractivity contribution in [2.75, 3.05) is 5.32 Å². The van der Waals surface area contributed by atoms with Crippen molar-refractivity contribution < 1.29 is 19.1 Å². The lowest BCUT2D eigenvalue weighted by Gasteiger charge is -2.08. The highest BCUT2D eigenvalue weighted by Crippen LogP contribution is 2.28. The number of H-pyrrole nitrogens is 1. The molecule has 0 saturated heterocycles. The number of nitrogens with one attached hydrogen (secondary N) is 2. The third kappa shape index (κ3) is 3.66. The Morgan fingerprint density at radius 3 is 2.70 bits per heavy atom. The summed E-state index contributed by atoms with van der Waals surface area (Å²) in [5.41, 5.74) is 8.15. The van der Waals surface area contributed by atoms with E-state index in [0.29, 0.717) is 34.0 Å². The average Bonchev–Trinajstić information content (AvgIpc) is 3.44. The number of oxazole rings is 1.